The zero-order chi connectivity index (χ0) is 9.73. The second-order valence-electron chi connectivity index (χ2n) is 4.17. The maximum absolute atomic E-state index is 11.9. The molecule has 0 spiro atoms. The Kier molecular flexibility index (Phi) is 6.38. The molecule has 2 nitrogen and oxygen atoms in total. The maximum Gasteiger partial charge on any atom is 0.313 e. The van der Waals surface area contributed by atoms with Crippen molar-refractivity contribution >= 4 is 5.91 Å². The van der Waals surface area contributed by atoms with Crippen LogP contribution < -0.4 is 12.4 Å². The third kappa shape index (κ3) is 2.96. The van der Waals surface area contributed by atoms with Crippen molar-refractivity contribution in [1.29, 1.82) is 0 Å². The molecule has 0 unspecified atom stereocenters. The van der Waals surface area contributed by atoms with Gasteiger partial charge in [-0.3, -0.25) is 4.48 Å². The Morgan fingerprint density at radius 2 is 1.71 bits per heavy atom. The van der Waals surface area contributed by atoms with Gasteiger partial charge in [0.15, 0.2) is 0 Å². The number of carbonyl (C=O) groups excluding carboxylic acids is 1. The molecule has 0 aliphatic carbocycles. The van der Waals surface area contributed by atoms with Crippen molar-refractivity contribution in [2.45, 2.75) is 46.0 Å². The van der Waals surface area contributed by atoms with E-state index in [2.05, 4.69) is 13.8 Å². The minimum atomic E-state index is 0. The van der Waals surface area contributed by atoms with E-state index in [-0.39, 0.29) is 12.4 Å². The summed E-state index contributed by atoms with van der Waals surface area (Å²) in [6.45, 7) is 7.58. The van der Waals surface area contributed by atoms with E-state index in [1.807, 2.05) is 0 Å². The van der Waals surface area contributed by atoms with Gasteiger partial charge in [0.2, 0.25) is 0 Å². The third-order valence-electron chi connectivity index (χ3n) is 3.06. The molecule has 1 fully saturated rings. The third-order valence-corrected chi connectivity index (χ3v) is 3.06. The standard InChI is InChI=1S/C11H22NO.ClH/c1-3-8-12(9-4-2)10-6-5-7-11(12)13;/h3-10H2,1-2H3;1H/q+1;/p-1. The first-order chi connectivity index (χ1) is 6.25. The highest BCUT2D eigenvalue weighted by atomic mass is 35.5. The summed E-state index contributed by atoms with van der Waals surface area (Å²) in [5.41, 5.74) is 0. The lowest BCUT2D eigenvalue weighted by atomic mass is 10.1. The van der Waals surface area contributed by atoms with Crippen LogP contribution in [0, 0.1) is 0 Å². The topological polar surface area (TPSA) is 17.1 Å². The van der Waals surface area contributed by atoms with Crippen LogP contribution in [0.25, 0.3) is 0 Å². The highest BCUT2D eigenvalue weighted by molar-refractivity contribution is 5.69. The van der Waals surface area contributed by atoms with Crippen LogP contribution in [0.15, 0.2) is 0 Å². The SMILES string of the molecule is CCC[N+]1(CCC)CCCCC1=O.[Cl-]. The molecule has 1 aliphatic rings. The molecular formula is C11H22ClNO. The molecule has 0 aromatic rings. The van der Waals surface area contributed by atoms with Gasteiger partial charge in [-0.15, -0.1) is 0 Å². The lowest BCUT2D eigenvalue weighted by Gasteiger charge is -2.38. The first-order valence-corrected chi connectivity index (χ1v) is 5.64. The average Bonchev–Trinajstić information content (AvgIpc) is 2.11. The van der Waals surface area contributed by atoms with E-state index in [4.69, 9.17) is 0 Å². The van der Waals surface area contributed by atoms with Gasteiger partial charge >= 0.3 is 5.91 Å². The summed E-state index contributed by atoms with van der Waals surface area (Å²) in [7, 11) is 0. The number of rotatable bonds is 4. The Labute approximate surface area is 93.7 Å². The fraction of sp³-hybridized carbons (Fsp3) is 0.909. The summed E-state index contributed by atoms with van der Waals surface area (Å²) in [5, 5.41) is 0. The maximum atomic E-state index is 11.9. The van der Waals surface area contributed by atoms with E-state index in [1.165, 1.54) is 6.42 Å². The molecule has 14 heavy (non-hydrogen) atoms. The highest BCUT2D eigenvalue weighted by Crippen LogP contribution is 2.21. The summed E-state index contributed by atoms with van der Waals surface area (Å²) >= 11 is 0. The Bertz CT molecular complexity index is 171. The molecule has 1 saturated heterocycles. The number of amides is 1. The first-order valence-electron chi connectivity index (χ1n) is 5.64. The molecule has 0 N–H and O–H groups in total. The quantitative estimate of drug-likeness (QED) is 0.574. The Hall–Kier alpha value is -0.0800. The van der Waals surface area contributed by atoms with Gasteiger partial charge in [0.05, 0.1) is 26.1 Å². The lowest BCUT2D eigenvalue weighted by molar-refractivity contribution is -0.858. The molecule has 0 aromatic carbocycles. The van der Waals surface area contributed by atoms with Gasteiger partial charge in [0, 0.05) is 0 Å². The summed E-state index contributed by atoms with van der Waals surface area (Å²) in [6.07, 6.45) is 5.44. The van der Waals surface area contributed by atoms with Crippen molar-refractivity contribution in [3.8, 4) is 0 Å². The van der Waals surface area contributed by atoms with E-state index in [0.717, 1.165) is 49.8 Å². The van der Waals surface area contributed by atoms with Crippen molar-refractivity contribution in [3.05, 3.63) is 0 Å². The van der Waals surface area contributed by atoms with Gasteiger partial charge in [-0.25, -0.2) is 4.79 Å². The second kappa shape index (κ2) is 6.41. The molecule has 1 amide bonds. The van der Waals surface area contributed by atoms with Gasteiger partial charge in [-0.2, -0.15) is 0 Å². The van der Waals surface area contributed by atoms with E-state index in [1.54, 1.807) is 0 Å². The molecule has 1 heterocycles. The number of quaternary nitrogens is 1. The summed E-state index contributed by atoms with van der Waals surface area (Å²) in [6, 6.07) is 0. The fourth-order valence-electron chi connectivity index (χ4n) is 2.49. The van der Waals surface area contributed by atoms with Crippen LogP contribution in [0.3, 0.4) is 0 Å². The van der Waals surface area contributed by atoms with Gasteiger partial charge in [-0.1, -0.05) is 13.8 Å². The number of hydrogen-bond donors (Lipinski definition) is 0. The normalized spacial score (nSPS) is 20.3. The van der Waals surface area contributed by atoms with Gasteiger partial charge < -0.3 is 12.4 Å². The molecule has 0 aromatic heterocycles. The molecule has 0 atom stereocenters. The number of carbonyl (C=O) groups is 1. The van der Waals surface area contributed by atoms with E-state index in [9.17, 15) is 4.79 Å². The average molecular weight is 220 g/mol. The molecule has 84 valence electrons. The summed E-state index contributed by atoms with van der Waals surface area (Å²) in [4.78, 5) is 11.9. The number of nitrogens with zero attached hydrogens (tertiary/aromatic N) is 1. The van der Waals surface area contributed by atoms with Gasteiger partial charge in [-0.05, 0) is 25.7 Å². The van der Waals surface area contributed by atoms with Crippen molar-refractivity contribution in [3.63, 3.8) is 0 Å². The van der Waals surface area contributed by atoms with Crippen molar-refractivity contribution < 1.29 is 21.7 Å². The monoisotopic (exact) mass is 219 g/mol. The predicted molar refractivity (Wildman–Crippen MR) is 54.3 cm³/mol. The van der Waals surface area contributed by atoms with Crippen LogP contribution in [0.2, 0.25) is 0 Å². The first kappa shape index (κ1) is 13.9. The summed E-state index contributed by atoms with van der Waals surface area (Å²) in [5.74, 6) is 0.495. The fourth-order valence-corrected chi connectivity index (χ4v) is 2.49. The van der Waals surface area contributed by atoms with Crippen LogP contribution in [0.1, 0.15) is 46.0 Å². The number of piperidine rings is 1. The number of hydrogen-bond acceptors (Lipinski definition) is 1. The second-order valence-corrected chi connectivity index (χ2v) is 4.17. The van der Waals surface area contributed by atoms with Crippen LogP contribution in [-0.4, -0.2) is 30.0 Å². The van der Waals surface area contributed by atoms with Crippen molar-refractivity contribution in [2.24, 2.45) is 0 Å². The largest absolute Gasteiger partial charge is 1.00 e. The highest BCUT2D eigenvalue weighted by Gasteiger charge is 2.36. The van der Waals surface area contributed by atoms with Crippen LogP contribution in [0.5, 0.6) is 0 Å². The number of likely N-dealkylation sites (tertiary alicyclic amines) is 1. The molecule has 1 rings (SSSR count). The zero-order valence-corrected chi connectivity index (χ0v) is 10.1. The Balaban J connectivity index is 0.00000169. The van der Waals surface area contributed by atoms with Gasteiger partial charge in [0.1, 0.15) is 0 Å². The molecular weight excluding hydrogens is 198 g/mol. The van der Waals surface area contributed by atoms with Crippen LogP contribution in [-0.2, 0) is 4.79 Å². The van der Waals surface area contributed by atoms with Crippen LogP contribution in [0.4, 0.5) is 0 Å². The minimum absolute atomic E-state index is 0. The number of halogens is 1. The van der Waals surface area contributed by atoms with Crippen molar-refractivity contribution in [1.82, 2.24) is 0 Å². The smallest absolute Gasteiger partial charge is 0.313 e. The molecule has 0 radical (unpaired) electrons. The van der Waals surface area contributed by atoms with Crippen molar-refractivity contribution in [2.75, 3.05) is 19.6 Å². The van der Waals surface area contributed by atoms with E-state index in [0.29, 0.717) is 5.91 Å². The molecule has 3 heteroatoms. The summed E-state index contributed by atoms with van der Waals surface area (Å²) < 4.78 is 0.785. The molecule has 0 bridgehead atoms. The van der Waals surface area contributed by atoms with Gasteiger partial charge in [0.25, 0.3) is 0 Å². The Morgan fingerprint density at radius 3 is 2.14 bits per heavy atom. The van der Waals surface area contributed by atoms with E-state index >= 15 is 0 Å². The molecule has 1 aliphatic heterocycles. The zero-order valence-electron chi connectivity index (χ0n) is 9.39. The van der Waals surface area contributed by atoms with E-state index < -0.39 is 0 Å². The lowest BCUT2D eigenvalue weighted by Crippen LogP contribution is -3.00. The predicted octanol–water partition coefficient (Wildman–Crippen LogP) is -0.662. The molecule has 0 saturated carbocycles. The minimum Gasteiger partial charge on any atom is -1.00 e. The van der Waals surface area contributed by atoms with Crippen LogP contribution >= 0.6 is 0 Å². The Morgan fingerprint density at radius 1 is 1.14 bits per heavy atom.